The molecule has 2 unspecified atom stereocenters. The van der Waals surface area contributed by atoms with Gasteiger partial charge in [0.25, 0.3) is 5.91 Å². The van der Waals surface area contributed by atoms with Gasteiger partial charge in [-0.25, -0.2) is 4.79 Å². The van der Waals surface area contributed by atoms with Gasteiger partial charge >= 0.3 is 5.76 Å². The fourth-order valence-electron chi connectivity index (χ4n) is 4.23. The number of nitrogens with zero attached hydrogens (tertiary/aromatic N) is 3. The minimum atomic E-state index is -0.577. The quantitative estimate of drug-likeness (QED) is 0.689. The van der Waals surface area contributed by atoms with Crippen LogP contribution in [0.1, 0.15) is 34.6 Å². The Labute approximate surface area is 165 Å². The van der Waals surface area contributed by atoms with Crippen LogP contribution in [0, 0.1) is 6.92 Å². The Morgan fingerprint density at radius 2 is 2.03 bits per heavy atom. The molecule has 1 aromatic carbocycles. The van der Waals surface area contributed by atoms with E-state index in [1.165, 1.54) is 0 Å². The number of piperazine rings is 1. The Hall–Kier alpha value is -3.36. The van der Waals surface area contributed by atoms with Gasteiger partial charge in [-0.05, 0) is 31.5 Å². The fraction of sp³-hybridized carbons (Fsp3) is 0.400. The van der Waals surface area contributed by atoms with Crippen molar-refractivity contribution >= 4 is 22.9 Å². The van der Waals surface area contributed by atoms with Crippen LogP contribution in [0.25, 0.3) is 11.1 Å². The molecule has 2 fully saturated rings. The molecular formula is C20H21N5O4. The zero-order chi connectivity index (χ0) is 20.1. The van der Waals surface area contributed by atoms with Crippen molar-refractivity contribution in [3.05, 3.63) is 51.8 Å². The summed E-state index contributed by atoms with van der Waals surface area (Å²) >= 11 is 0. The summed E-state index contributed by atoms with van der Waals surface area (Å²) in [4.78, 5) is 43.5. The number of aryl methyl sites for hydroxylation is 2. The summed E-state index contributed by atoms with van der Waals surface area (Å²) < 4.78 is 5.16. The monoisotopic (exact) mass is 395 g/mol. The van der Waals surface area contributed by atoms with E-state index in [0.29, 0.717) is 37.0 Å². The van der Waals surface area contributed by atoms with Crippen LogP contribution in [0.3, 0.4) is 0 Å². The normalized spacial score (nSPS) is 20.7. The minimum absolute atomic E-state index is 0.0220. The van der Waals surface area contributed by atoms with Crippen molar-refractivity contribution in [2.75, 3.05) is 13.1 Å². The van der Waals surface area contributed by atoms with E-state index in [1.807, 2.05) is 17.9 Å². The van der Waals surface area contributed by atoms with Gasteiger partial charge in [0.15, 0.2) is 5.58 Å². The third kappa shape index (κ3) is 3.12. The molecule has 2 atom stereocenters. The molecule has 1 saturated heterocycles. The largest absolute Gasteiger partial charge is 0.417 e. The molecule has 2 N–H and O–H groups in total. The molecule has 2 amide bonds. The van der Waals surface area contributed by atoms with Gasteiger partial charge in [0.2, 0.25) is 5.91 Å². The molecule has 3 aromatic rings. The first-order valence-corrected chi connectivity index (χ1v) is 9.74. The summed E-state index contributed by atoms with van der Waals surface area (Å²) in [6, 6.07) is 7.13. The number of oxazole rings is 1. The number of aromatic amines is 2. The second-order valence-corrected chi connectivity index (χ2v) is 7.70. The molecule has 29 heavy (non-hydrogen) atoms. The molecule has 9 nitrogen and oxygen atoms in total. The van der Waals surface area contributed by atoms with E-state index in [2.05, 4.69) is 15.2 Å². The number of hydrogen-bond acceptors (Lipinski definition) is 5. The molecule has 0 bridgehead atoms. The Bertz CT molecular complexity index is 1160. The molecular weight excluding hydrogens is 374 g/mol. The third-order valence-electron chi connectivity index (χ3n) is 5.72. The van der Waals surface area contributed by atoms with E-state index in [0.717, 1.165) is 17.8 Å². The second kappa shape index (κ2) is 6.61. The van der Waals surface area contributed by atoms with E-state index in [1.54, 1.807) is 23.1 Å². The van der Waals surface area contributed by atoms with Crippen molar-refractivity contribution < 1.29 is 14.0 Å². The molecule has 3 heterocycles. The van der Waals surface area contributed by atoms with Gasteiger partial charge in [0.05, 0.1) is 28.9 Å². The molecule has 1 aliphatic carbocycles. The lowest BCUT2D eigenvalue weighted by molar-refractivity contribution is -0.133. The van der Waals surface area contributed by atoms with Crippen LogP contribution in [0.5, 0.6) is 0 Å². The highest BCUT2D eigenvalue weighted by Crippen LogP contribution is 2.38. The van der Waals surface area contributed by atoms with Gasteiger partial charge in [0.1, 0.15) is 0 Å². The lowest BCUT2D eigenvalue weighted by atomic mass is 10.1. The number of H-pyrrole nitrogens is 2. The predicted octanol–water partition coefficient (Wildman–Crippen LogP) is 1.21. The molecule has 1 saturated carbocycles. The fourth-order valence-corrected chi connectivity index (χ4v) is 4.23. The van der Waals surface area contributed by atoms with Crippen LogP contribution in [0.2, 0.25) is 0 Å². The lowest BCUT2D eigenvalue weighted by Gasteiger charge is -2.34. The lowest BCUT2D eigenvalue weighted by Crippen LogP contribution is -2.50. The first-order valence-electron chi connectivity index (χ1n) is 9.74. The first kappa shape index (κ1) is 17.7. The maximum Gasteiger partial charge on any atom is 0.417 e. The highest BCUT2D eigenvalue weighted by molar-refractivity contribution is 6.04. The van der Waals surface area contributed by atoms with Crippen molar-refractivity contribution in [2.24, 2.45) is 0 Å². The van der Waals surface area contributed by atoms with Gasteiger partial charge in [-0.1, -0.05) is 6.07 Å². The average Bonchev–Trinajstić information content (AvgIpc) is 3.25. The number of rotatable bonds is 4. The predicted molar refractivity (Wildman–Crippen MR) is 103 cm³/mol. The number of benzene rings is 1. The van der Waals surface area contributed by atoms with Gasteiger partial charge in [0, 0.05) is 31.6 Å². The van der Waals surface area contributed by atoms with E-state index >= 15 is 0 Å². The SMILES string of the molecule is Cc1cc(CCC(=O)N2CCN(C(=O)c3cccc4[nH]c(=O)oc34)C3CC32)n[nH]1. The minimum Gasteiger partial charge on any atom is -0.407 e. The van der Waals surface area contributed by atoms with Crippen LogP contribution in [0.15, 0.2) is 33.5 Å². The van der Waals surface area contributed by atoms with Crippen molar-refractivity contribution in [1.82, 2.24) is 25.0 Å². The number of para-hydroxylation sites is 1. The zero-order valence-electron chi connectivity index (χ0n) is 16.0. The second-order valence-electron chi connectivity index (χ2n) is 7.70. The highest BCUT2D eigenvalue weighted by atomic mass is 16.4. The summed E-state index contributed by atoms with van der Waals surface area (Å²) in [5, 5.41) is 7.06. The number of amides is 2. The topological polar surface area (TPSA) is 115 Å². The molecule has 9 heteroatoms. The van der Waals surface area contributed by atoms with Crippen LogP contribution in [0.4, 0.5) is 0 Å². The van der Waals surface area contributed by atoms with Gasteiger partial charge in [-0.15, -0.1) is 0 Å². The van der Waals surface area contributed by atoms with Crippen LogP contribution in [-0.4, -0.2) is 62.0 Å². The first-order chi connectivity index (χ1) is 14.0. The van der Waals surface area contributed by atoms with Gasteiger partial charge in [-0.3, -0.25) is 19.7 Å². The van der Waals surface area contributed by atoms with Crippen LogP contribution < -0.4 is 5.76 Å². The van der Waals surface area contributed by atoms with E-state index in [-0.39, 0.29) is 29.5 Å². The molecule has 0 spiro atoms. The summed E-state index contributed by atoms with van der Waals surface area (Å²) in [5.74, 6) is -0.638. The van der Waals surface area contributed by atoms with Crippen molar-refractivity contribution in [3.8, 4) is 0 Å². The molecule has 2 aromatic heterocycles. The maximum absolute atomic E-state index is 13.1. The highest BCUT2D eigenvalue weighted by Gasteiger charge is 2.52. The van der Waals surface area contributed by atoms with Crippen molar-refractivity contribution in [3.63, 3.8) is 0 Å². The summed E-state index contributed by atoms with van der Waals surface area (Å²) in [7, 11) is 0. The van der Waals surface area contributed by atoms with Crippen LogP contribution in [-0.2, 0) is 11.2 Å². The third-order valence-corrected chi connectivity index (χ3v) is 5.72. The van der Waals surface area contributed by atoms with Crippen molar-refractivity contribution in [1.29, 1.82) is 0 Å². The van der Waals surface area contributed by atoms with Gasteiger partial charge in [-0.2, -0.15) is 5.10 Å². The van der Waals surface area contributed by atoms with Crippen molar-refractivity contribution in [2.45, 2.75) is 38.3 Å². The summed E-state index contributed by atoms with van der Waals surface area (Å²) in [5.41, 5.74) is 3.04. The smallest absolute Gasteiger partial charge is 0.407 e. The Balaban J connectivity index is 1.26. The summed E-state index contributed by atoms with van der Waals surface area (Å²) in [6.07, 6.45) is 1.80. The van der Waals surface area contributed by atoms with E-state index in [9.17, 15) is 14.4 Å². The standard InChI is InChI=1S/C20H21N5O4/c1-11-9-12(23-22-11)5-6-17(26)24-7-8-25(16-10-15(16)24)19(27)13-3-2-4-14-18(13)29-20(28)21-14/h2-4,9,15-16H,5-8,10H2,1H3,(H,21,28)(H,22,23). The molecule has 2 aliphatic rings. The van der Waals surface area contributed by atoms with Crippen LogP contribution >= 0.6 is 0 Å². The average molecular weight is 395 g/mol. The van der Waals surface area contributed by atoms with E-state index < -0.39 is 5.76 Å². The Morgan fingerprint density at radius 1 is 1.24 bits per heavy atom. The number of fused-ring (bicyclic) bond motifs is 2. The number of carbonyl (C=O) groups excluding carboxylic acids is 2. The Morgan fingerprint density at radius 3 is 2.83 bits per heavy atom. The number of carbonyl (C=O) groups is 2. The number of nitrogens with one attached hydrogen (secondary N) is 2. The number of hydrogen-bond donors (Lipinski definition) is 2. The molecule has 0 radical (unpaired) electrons. The molecule has 1 aliphatic heterocycles. The Kier molecular flexibility index (Phi) is 4.04. The number of aromatic nitrogens is 3. The molecule has 5 rings (SSSR count). The zero-order valence-corrected chi connectivity index (χ0v) is 16.0. The van der Waals surface area contributed by atoms with Gasteiger partial charge < -0.3 is 14.2 Å². The van der Waals surface area contributed by atoms with E-state index in [4.69, 9.17) is 4.42 Å². The summed E-state index contributed by atoms with van der Waals surface area (Å²) in [6.45, 7) is 2.92. The maximum atomic E-state index is 13.1. The molecule has 150 valence electrons.